The number of ether oxygens (including phenoxy) is 1. The summed E-state index contributed by atoms with van der Waals surface area (Å²) >= 11 is 0. The van der Waals surface area contributed by atoms with E-state index in [9.17, 15) is 4.79 Å². The minimum Gasteiger partial charge on any atom is -0.370 e. The molecule has 8 nitrogen and oxygen atoms in total. The van der Waals surface area contributed by atoms with Crippen molar-refractivity contribution in [2.45, 2.75) is 27.3 Å². The lowest BCUT2D eigenvalue weighted by molar-refractivity contribution is -0.907. The lowest BCUT2D eigenvalue weighted by Crippen LogP contribution is -3.14. The molecule has 0 atom stereocenters. The average molecular weight is 362 g/mol. The fourth-order valence-electron chi connectivity index (χ4n) is 3.41. The van der Waals surface area contributed by atoms with Crippen molar-refractivity contribution in [3.63, 3.8) is 0 Å². The molecule has 1 N–H and O–H groups in total. The van der Waals surface area contributed by atoms with Crippen LogP contribution in [0.2, 0.25) is 0 Å². The molecule has 142 valence electrons. The van der Waals surface area contributed by atoms with E-state index in [4.69, 9.17) is 9.26 Å². The number of quaternary nitrogens is 1. The fourth-order valence-corrected chi connectivity index (χ4v) is 3.41. The summed E-state index contributed by atoms with van der Waals surface area (Å²) in [5, 5.41) is 8.33. The highest BCUT2D eigenvalue weighted by Gasteiger charge is 2.26. The molecule has 1 saturated heterocycles. The molecule has 0 spiro atoms. The Balaban J connectivity index is 1.78. The van der Waals surface area contributed by atoms with Crippen LogP contribution in [0.1, 0.15) is 33.2 Å². The number of hydrogen-bond acceptors (Lipinski definition) is 5. The van der Waals surface area contributed by atoms with E-state index in [1.54, 1.807) is 6.92 Å². The summed E-state index contributed by atoms with van der Waals surface area (Å²) in [5.41, 5.74) is 3.17. The summed E-state index contributed by atoms with van der Waals surface area (Å²) in [6.07, 6.45) is 0. The third-order valence-electron chi connectivity index (χ3n) is 4.92. The van der Waals surface area contributed by atoms with Gasteiger partial charge >= 0.3 is 0 Å². The van der Waals surface area contributed by atoms with Gasteiger partial charge < -0.3 is 19.1 Å². The van der Waals surface area contributed by atoms with Gasteiger partial charge in [0.25, 0.3) is 5.91 Å². The molecule has 1 fully saturated rings. The van der Waals surface area contributed by atoms with E-state index in [0.29, 0.717) is 30.1 Å². The number of carbonyl (C=O) groups excluding carboxylic acids is 1. The van der Waals surface area contributed by atoms with Crippen molar-refractivity contribution < 1.29 is 19.0 Å². The summed E-state index contributed by atoms with van der Waals surface area (Å²) in [7, 11) is 1.91. The smallest absolute Gasteiger partial charge is 0.259 e. The molecule has 3 rings (SSSR count). The van der Waals surface area contributed by atoms with Crippen molar-refractivity contribution in [1.29, 1.82) is 0 Å². The van der Waals surface area contributed by atoms with Crippen LogP contribution in [0.4, 0.5) is 0 Å². The maximum Gasteiger partial charge on any atom is 0.259 e. The van der Waals surface area contributed by atoms with Crippen molar-refractivity contribution in [1.82, 2.24) is 19.8 Å². The molecular formula is C18H28N5O3+. The van der Waals surface area contributed by atoms with Gasteiger partial charge in [-0.15, -0.1) is 0 Å². The summed E-state index contributed by atoms with van der Waals surface area (Å²) in [6, 6.07) is 2.02. The Morgan fingerprint density at radius 3 is 2.62 bits per heavy atom. The van der Waals surface area contributed by atoms with Gasteiger partial charge in [-0.3, -0.25) is 9.48 Å². The monoisotopic (exact) mass is 362 g/mol. The molecule has 2 aromatic rings. The van der Waals surface area contributed by atoms with E-state index in [1.807, 2.05) is 36.5 Å². The zero-order valence-electron chi connectivity index (χ0n) is 16.0. The van der Waals surface area contributed by atoms with Gasteiger partial charge in [-0.25, -0.2) is 0 Å². The third kappa shape index (κ3) is 4.13. The molecule has 0 aliphatic carbocycles. The van der Waals surface area contributed by atoms with Gasteiger partial charge in [-0.05, 0) is 26.8 Å². The average Bonchev–Trinajstić information content (AvgIpc) is 3.12. The van der Waals surface area contributed by atoms with E-state index < -0.39 is 0 Å². The number of morpholine rings is 1. The summed E-state index contributed by atoms with van der Waals surface area (Å²) in [6.45, 7) is 11.2. The van der Waals surface area contributed by atoms with Gasteiger partial charge in [-0.2, -0.15) is 5.10 Å². The molecule has 3 heterocycles. The number of hydrogen-bond donors (Lipinski definition) is 1. The normalized spacial score (nSPS) is 15.4. The Hall–Kier alpha value is -2.19. The van der Waals surface area contributed by atoms with Crippen LogP contribution in [0.3, 0.4) is 0 Å². The highest BCUT2D eigenvalue weighted by molar-refractivity contribution is 5.96. The molecule has 8 heteroatoms. The Morgan fingerprint density at radius 1 is 1.31 bits per heavy atom. The molecule has 0 unspecified atom stereocenters. The van der Waals surface area contributed by atoms with Crippen LogP contribution < -0.4 is 4.90 Å². The number of rotatable bonds is 6. The quantitative estimate of drug-likeness (QED) is 0.776. The minimum absolute atomic E-state index is 0.0345. The number of amides is 1. The summed E-state index contributed by atoms with van der Waals surface area (Å²) in [4.78, 5) is 16.6. The first-order valence-electron chi connectivity index (χ1n) is 9.08. The van der Waals surface area contributed by atoms with Gasteiger partial charge in [-0.1, -0.05) is 5.16 Å². The number of carbonyl (C=O) groups is 1. The van der Waals surface area contributed by atoms with Crippen molar-refractivity contribution >= 4 is 5.91 Å². The van der Waals surface area contributed by atoms with Gasteiger partial charge in [0, 0.05) is 7.05 Å². The van der Waals surface area contributed by atoms with E-state index in [-0.39, 0.29) is 5.91 Å². The maximum atomic E-state index is 13.2. The van der Waals surface area contributed by atoms with Gasteiger partial charge in [0.2, 0.25) is 0 Å². The van der Waals surface area contributed by atoms with Crippen molar-refractivity contribution in [3.8, 4) is 0 Å². The van der Waals surface area contributed by atoms with Crippen LogP contribution in [0, 0.1) is 20.8 Å². The number of aryl methyl sites for hydroxylation is 4. The Morgan fingerprint density at radius 2 is 2.04 bits per heavy atom. The molecule has 0 aromatic carbocycles. The molecule has 0 saturated carbocycles. The molecule has 2 aromatic heterocycles. The highest BCUT2D eigenvalue weighted by atomic mass is 16.5. The van der Waals surface area contributed by atoms with Crippen LogP contribution in [0.15, 0.2) is 10.6 Å². The van der Waals surface area contributed by atoms with E-state index >= 15 is 0 Å². The van der Waals surface area contributed by atoms with Crippen LogP contribution in [-0.2, 0) is 18.3 Å². The number of aromatic nitrogens is 3. The lowest BCUT2D eigenvalue weighted by atomic mass is 10.1. The van der Waals surface area contributed by atoms with Crippen LogP contribution in [0.5, 0.6) is 0 Å². The zero-order valence-corrected chi connectivity index (χ0v) is 16.0. The molecule has 1 amide bonds. The van der Waals surface area contributed by atoms with Crippen molar-refractivity contribution in [2.75, 3.05) is 39.4 Å². The minimum atomic E-state index is -0.0345. The first-order chi connectivity index (χ1) is 12.5. The SMILES string of the molecule is Cc1cc(CN(CC[NH+]2CCOCC2)C(=O)c2c(C)noc2C)n(C)n1. The van der Waals surface area contributed by atoms with E-state index in [1.165, 1.54) is 4.90 Å². The standard InChI is InChI=1S/C18H27N5O3/c1-13-11-16(21(4)19-13)12-23(6-5-22-7-9-25-10-8-22)18(24)17-14(2)20-26-15(17)3/h11H,5-10,12H2,1-4H3/p+1. The first-order valence-corrected chi connectivity index (χ1v) is 9.08. The molecule has 0 bridgehead atoms. The second kappa shape index (κ2) is 8.01. The molecule has 0 radical (unpaired) electrons. The molecular weight excluding hydrogens is 334 g/mol. The lowest BCUT2D eigenvalue weighted by Gasteiger charge is -2.28. The van der Waals surface area contributed by atoms with Crippen LogP contribution in [0.25, 0.3) is 0 Å². The van der Waals surface area contributed by atoms with Crippen molar-refractivity contribution in [2.24, 2.45) is 7.05 Å². The van der Waals surface area contributed by atoms with E-state index in [0.717, 1.165) is 44.2 Å². The fraction of sp³-hybridized carbons (Fsp3) is 0.611. The summed E-state index contributed by atoms with van der Waals surface area (Å²) in [5.74, 6) is 0.533. The summed E-state index contributed by atoms with van der Waals surface area (Å²) < 4.78 is 12.5. The van der Waals surface area contributed by atoms with Gasteiger partial charge in [0.1, 0.15) is 24.4 Å². The second-order valence-electron chi connectivity index (χ2n) is 6.94. The van der Waals surface area contributed by atoms with E-state index in [2.05, 4.69) is 10.3 Å². The molecule has 26 heavy (non-hydrogen) atoms. The maximum absolute atomic E-state index is 13.2. The van der Waals surface area contributed by atoms with Crippen LogP contribution >= 0.6 is 0 Å². The molecule has 1 aliphatic rings. The molecule has 1 aliphatic heterocycles. The van der Waals surface area contributed by atoms with Gasteiger partial charge in [0.05, 0.1) is 49.9 Å². The first kappa shape index (κ1) is 18.6. The topological polar surface area (TPSA) is 77.8 Å². The third-order valence-corrected chi connectivity index (χ3v) is 4.92. The zero-order chi connectivity index (χ0) is 18.7. The van der Waals surface area contributed by atoms with Gasteiger partial charge in [0.15, 0.2) is 0 Å². The predicted molar refractivity (Wildman–Crippen MR) is 95.0 cm³/mol. The Kier molecular flexibility index (Phi) is 5.73. The Labute approximate surface area is 153 Å². The van der Waals surface area contributed by atoms with Crippen molar-refractivity contribution in [3.05, 3.63) is 34.5 Å². The Bertz CT molecular complexity index is 741. The number of nitrogens with one attached hydrogen (secondary N) is 1. The number of nitrogens with zero attached hydrogens (tertiary/aromatic N) is 4. The largest absolute Gasteiger partial charge is 0.370 e. The second-order valence-corrected chi connectivity index (χ2v) is 6.94. The predicted octanol–water partition coefficient (Wildman–Crippen LogP) is -0.109. The highest BCUT2D eigenvalue weighted by Crippen LogP contribution is 2.17. The van der Waals surface area contributed by atoms with Crippen LogP contribution in [-0.4, -0.2) is 65.1 Å².